The monoisotopic (exact) mass is 198 g/mol. The Bertz CT molecular complexity index is 117. The first kappa shape index (κ1) is 10.3. The largest absolute Gasteiger partial charge is 0.438 e. The summed E-state index contributed by atoms with van der Waals surface area (Å²) in [5.74, 6) is 0. The highest BCUT2D eigenvalue weighted by Crippen LogP contribution is 2.42. The van der Waals surface area contributed by atoms with Crippen LogP contribution < -0.4 is 0 Å². The molecule has 0 radical (unpaired) electrons. The topological polar surface area (TPSA) is 0 Å². The highest BCUT2D eigenvalue weighted by atomic mass is 35.5. The second-order valence-electron chi connectivity index (χ2n) is 1.74. The maximum atomic E-state index is 12.2. The molecule has 0 rings (SSSR count). The van der Waals surface area contributed by atoms with Gasteiger partial charge in [-0.15, -0.1) is 11.6 Å². The van der Waals surface area contributed by atoms with Gasteiger partial charge in [0, 0.05) is 0 Å². The van der Waals surface area contributed by atoms with E-state index in [1.807, 2.05) is 0 Å². The van der Waals surface area contributed by atoms with Crippen molar-refractivity contribution >= 4 is 23.2 Å². The van der Waals surface area contributed by atoms with Crippen molar-refractivity contribution in [1.29, 1.82) is 0 Å². The predicted molar refractivity (Wildman–Crippen MR) is 31.1 cm³/mol. The van der Waals surface area contributed by atoms with Gasteiger partial charge in [-0.05, 0) is 6.92 Å². The average Bonchev–Trinajstić information content (AvgIpc) is 1.62. The Morgan fingerprint density at radius 3 is 1.50 bits per heavy atom. The quantitative estimate of drug-likeness (QED) is 0.449. The number of hydrogen-bond acceptors (Lipinski definition) is 0. The van der Waals surface area contributed by atoms with Crippen LogP contribution in [-0.4, -0.2) is 16.7 Å². The lowest BCUT2D eigenvalue weighted by Crippen LogP contribution is -2.41. The summed E-state index contributed by atoms with van der Waals surface area (Å²) < 4.78 is 46.7. The third-order valence-corrected chi connectivity index (χ3v) is 1.83. The van der Waals surface area contributed by atoms with E-state index >= 15 is 0 Å². The minimum atomic E-state index is -5.12. The van der Waals surface area contributed by atoms with Crippen LogP contribution in [0.3, 0.4) is 0 Å². The second kappa shape index (κ2) is 2.74. The standard InChI is InChI=1S/C4H4Cl2F4/c1-2(5)3(6,7)4(8,9)10/h2H,1H3. The zero-order valence-electron chi connectivity index (χ0n) is 4.85. The van der Waals surface area contributed by atoms with Gasteiger partial charge in [0.1, 0.15) is 0 Å². The van der Waals surface area contributed by atoms with E-state index in [9.17, 15) is 17.6 Å². The molecule has 0 aliphatic carbocycles. The molecule has 10 heavy (non-hydrogen) atoms. The Labute approximate surface area is 65.1 Å². The maximum absolute atomic E-state index is 12.2. The Balaban J connectivity index is 4.40. The molecule has 0 nitrogen and oxygen atoms in total. The van der Waals surface area contributed by atoms with Crippen LogP contribution in [0, 0.1) is 0 Å². The number of alkyl halides is 6. The first-order valence-electron chi connectivity index (χ1n) is 2.28. The lowest BCUT2D eigenvalue weighted by molar-refractivity contribution is -0.197. The molecule has 0 aliphatic rings. The van der Waals surface area contributed by atoms with E-state index in [1.165, 1.54) is 0 Å². The van der Waals surface area contributed by atoms with E-state index in [2.05, 4.69) is 11.6 Å². The van der Waals surface area contributed by atoms with Gasteiger partial charge >= 0.3 is 6.18 Å². The molecule has 0 aliphatic heterocycles. The van der Waals surface area contributed by atoms with E-state index in [4.69, 9.17) is 11.6 Å². The van der Waals surface area contributed by atoms with Gasteiger partial charge in [-0.1, -0.05) is 11.6 Å². The van der Waals surface area contributed by atoms with Gasteiger partial charge in [0.25, 0.3) is 5.13 Å². The fourth-order valence-electron chi connectivity index (χ4n) is 0.226. The summed E-state index contributed by atoms with van der Waals surface area (Å²) in [5, 5.41) is -5.62. The highest BCUT2D eigenvalue weighted by molar-refractivity contribution is 6.31. The van der Waals surface area contributed by atoms with Gasteiger partial charge in [0.05, 0.1) is 5.38 Å². The molecule has 6 heteroatoms. The zero-order chi connectivity index (χ0) is 8.58. The van der Waals surface area contributed by atoms with Crippen LogP contribution in [0.1, 0.15) is 6.92 Å². The van der Waals surface area contributed by atoms with Crippen molar-refractivity contribution in [2.24, 2.45) is 0 Å². The van der Waals surface area contributed by atoms with Gasteiger partial charge in [0.15, 0.2) is 0 Å². The van der Waals surface area contributed by atoms with E-state index in [0.717, 1.165) is 6.92 Å². The van der Waals surface area contributed by atoms with Crippen molar-refractivity contribution in [2.75, 3.05) is 0 Å². The smallest absolute Gasteiger partial charge is 0.214 e. The minimum absolute atomic E-state index is 0.835. The van der Waals surface area contributed by atoms with Crippen molar-refractivity contribution in [2.45, 2.75) is 23.6 Å². The summed E-state index contributed by atoms with van der Waals surface area (Å²) in [5.41, 5.74) is 0. The molecule has 0 spiro atoms. The minimum Gasteiger partial charge on any atom is -0.214 e. The molecule has 0 heterocycles. The van der Waals surface area contributed by atoms with E-state index < -0.39 is 16.7 Å². The molecular weight excluding hydrogens is 195 g/mol. The average molecular weight is 199 g/mol. The molecule has 0 fully saturated rings. The summed E-state index contributed by atoms with van der Waals surface area (Å²) in [4.78, 5) is 0. The molecule has 0 bridgehead atoms. The van der Waals surface area contributed by atoms with Crippen LogP contribution in [-0.2, 0) is 0 Å². The molecular formula is C4H4Cl2F4. The molecule has 0 aromatic carbocycles. The van der Waals surface area contributed by atoms with Gasteiger partial charge < -0.3 is 0 Å². The van der Waals surface area contributed by atoms with E-state index in [0.29, 0.717) is 0 Å². The number of rotatable bonds is 1. The van der Waals surface area contributed by atoms with Crippen LogP contribution in [0.2, 0.25) is 0 Å². The highest BCUT2D eigenvalue weighted by Gasteiger charge is 2.58. The van der Waals surface area contributed by atoms with Crippen LogP contribution in [0.4, 0.5) is 17.6 Å². The lowest BCUT2D eigenvalue weighted by Gasteiger charge is -2.22. The maximum Gasteiger partial charge on any atom is 0.438 e. The summed E-state index contributed by atoms with van der Waals surface area (Å²) in [6.07, 6.45) is -5.12. The molecule has 0 N–H and O–H groups in total. The van der Waals surface area contributed by atoms with E-state index in [-0.39, 0.29) is 0 Å². The Hall–Kier alpha value is 0.300. The van der Waals surface area contributed by atoms with Gasteiger partial charge in [-0.2, -0.15) is 13.2 Å². The van der Waals surface area contributed by atoms with Crippen LogP contribution in [0.5, 0.6) is 0 Å². The van der Waals surface area contributed by atoms with Crippen molar-refractivity contribution in [3.05, 3.63) is 0 Å². The Morgan fingerprint density at radius 1 is 1.20 bits per heavy atom. The van der Waals surface area contributed by atoms with Crippen molar-refractivity contribution in [3.63, 3.8) is 0 Å². The van der Waals surface area contributed by atoms with Crippen molar-refractivity contribution in [1.82, 2.24) is 0 Å². The first-order valence-corrected chi connectivity index (χ1v) is 3.09. The van der Waals surface area contributed by atoms with Gasteiger partial charge in [0.2, 0.25) is 0 Å². The molecule has 0 amide bonds. The Kier molecular flexibility index (Phi) is 2.82. The molecule has 0 saturated heterocycles. The van der Waals surface area contributed by atoms with Crippen LogP contribution in [0.15, 0.2) is 0 Å². The molecule has 0 aromatic rings. The molecule has 0 aromatic heterocycles. The third-order valence-electron chi connectivity index (χ3n) is 0.878. The first-order chi connectivity index (χ1) is 4.19. The van der Waals surface area contributed by atoms with Crippen molar-refractivity contribution < 1.29 is 17.6 Å². The molecule has 2 unspecified atom stereocenters. The zero-order valence-corrected chi connectivity index (χ0v) is 6.36. The summed E-state index contributed by atoms with van der Waals surface area (Å²) in [6.45, 7) is 0.835. The van der Waals surface area contributed by atoms with Gasteiger partial charge in [-0.3, -0.25) is 0 Å². The summed E-state index contributed by atoms with van der Waals surface area (Å²) in [6, 6.07) is 0. The normalized spacial score (nSPS) is 21.9. The van der Waals surface area contributed by atoms with Crippen LogP contribution >= 0.6 is 23.2 Å². The summed E-state index contributed by atoms with van der Waals surface area (Å²) >= 11 is 9.25. The Morgan fingerprint density at radius 2 is 1.50 bits per heavy atom. The molecule has 2 atom stereocenters. The van der Waals surface area contributed by atoms with Crippen LogP contribution in [0.25, 0.3) is 0 Å². The fraction of sp³-hybridized carbons (Fsp3) is 1.00. The number of halogens is 6. The van der Waals surface area contributed by atoms with E-state index in [1.54, 1.807) is 0 Å². The predicted octanol–water partition coefficient (Wildman–Crippen LogP) is 3.08. The number of hydrogen-bond donors (Lipinski definition) is 0. The summed E-state index contributed by atoms with van der Waals surface area (Å²) in [7, 11) is 0. The van der Waals surface area contributed by atoms with Crippen molar-refractivity contribution in [3.8, 4) is 0 Å². The lowest BCUT2D eigenvalue weighted by atomic mass is 10.3. The molecule has 0 saturated carbocycles. The second-order valence-corrected chi connectivity index (χ2v) is 2.94. The SMILES string of the molecule is CC(Cl)C(F)(Cl)C(F)(F)F. The molecule has 62 valence electrons. The fourth-order valence-corrected chi connectivity index (χ4v) is 0.349. The van der Waals surface area contributed by atoms with Gasteiger partial charge in [-0.25, -0.2) is 4.39 Å². The third kappa shape index (κ3) is 1.89.